The second-order valence-corrected chi connectivity index (χ2v) is 4.36. The highest BCUT2D eigenvalue weighted by molar-refractivity contribution is 5.90. The van der Waals surface area contributed by atoms with E-state index in [-0.39, 0.29) is 0 Å². The number of nitrogens with one attached hydrogen (secondary N) is 1. The first-order valence-electron chi connectivity index (χ1n) is 6.20. The molecule has 2 heteroatoms. The number of hydrogen-bond acceptors (Lipinski definition) is 1. The Hall–Kier alpha value is -2.61. The van der Waals surface area contributed by atoms with Gasteiger partial charge in [-0.2, -0.15) is 5.10 Å². The summed E-state index contributed by atoms with van der Waals surface area (Å²) in [5.74, 6) is 0. The molecule has 92 valence electrons. The minimum Gasteiger partial charge on any atom is -0.277 e. The van der Waals surface area contributed by atoms with Crippen molar-refractivity contribution in [3.63, 3.8) is 0 Å². The Labute approximate surface area is 112 Å². The Morgan fingerprint density at radius 3 is 2.58 bits per heavy atom. The molecule has 1 aromatic heterocycles. The summed E-state index contributed by atoms with van der Waals surface area (Å²) in [6.45, 7) is 3.80. The van der Waals surface area contributed by atoms with Gasteiger partial charge in [-0.15, -0.1) is 0 Å². The summed E-state index contributed by atoms with van der Waals surface area (Å²) >= 11 is 0. The zero-order valence-electron chi connectivity index (χ0n) is 10.5. The van der Waals surface area contributed by atoms with Crippen LogP contribution in [0.25, 0.3) is 29.1 Å². The van der Waals surface area contributed by atoms with Gasteiger partial charge in [0.1, 0.15) is 0 Å². The average molecular weight is 246 g/mol. The Balaban J connectivity index is 2.01. The smallest absolute Gasteiger partial charge is 0.0927 e. The van der Waals surface area contributed by atoms with Gasteiger partial charge in [0.15, 0.2) is 0 Å². The standard InChI is InChI=1S/C17H14N2/c1-2-13-8-10-16-15(12-13)17(19-18-16)11-9-14-6-4-3-5-7-14/h2-12H,1H2,(H,18,19)/b11-9+. The highest BCUT2D eigenvalue weighted by Gasteiger charge is 2.02. The third-order valence-electron chi connectivity index (χ3n) is 3.09. The second-order valence-electron chi connectivity index (χ2n) is 4.36. The molecule has 3 aromatic rings. The molecule has 0 aliphatic rings. The predicted octanol–water partition coefficient (Wildman–Crippen LogP) is 4.38. The van der Waals surface area contributed by atoms with Crippen molar-refractivity contribution in [1.29, 1.82) is 0 Å². The van der Waals surface area contributed by atoms with Crippen LogP contribution >= 0.6 is 0 Å². The molecule has 0 amide bonds. The molecule has 3 rings (SSSR count). The Kier molecular flexibility index (Phi) is 2.99. The van der Waals surface area contributed by atoms with Crippen molar-refractivity contribution >= 4 is 29.1 Å². The molecule has 0 bridgehead atoms. The number of aromatic amines is 1. The van der Waals surface area contributed by atoms with Crippen LogP contribution < -0.4 is 0 Å². The van der Waals surface area contributed by atoms with Gasteiger partial charge in [0.25, 0.3) is 0 Å². The topological polar surface area (TPSA) is 28.7 Å². The number of aromatic nitrogens is 2. The summed E-state index contributed by atoms with van der Waals surface area (Å²) in [6, 6.07) is 16.4. The number of fused-ring (bicyclic) bond motifs is 1. The first-order chi connectivity index (χ1) is 9.36. The molecule has 0 atom stereocenters. The quantitative estimate of drug-likeness (QED) is 0.730. The maximum atomic E-state index is 4.34. The zero-order valence-corrected chi connectivity index (χ0v) is 10.5. The first kappa shape index (κ1) is 11.5. The Morgan fingerprint density at radius 2 is 1.79 bits per heavy atom. The lowest BCUT2D eigenvalue weighted by molar-refractivity contribution is 1.11. The van der Waals surface area contributed by atoms with E-state index >= 15 is 0 Å². The largest absolute Gasteiger partial charge is 0.277 e. The fourth-order valence-electron chi connectivity index (χ4n) is 2.05. The van der Waals surface area contributed by atoms with Crippen molar-refractivity contribution < 1.29 is 0 Å². The highest BCUT2D eigenvalue weighted by Crippen LogP contribution is 2.20. The molecular formula is C17H14N2. The molecule has 2 aromatic carbocycles. The number of benzene rings is 2. The van der Waals surface area contributed by atoms with Gasteiger partial charge in [-0.05, 0) is 29.3 Å². The van der Waals surface area contributed by atoms with Crippen molar-refractivity contribution in [3.05, 3.63) is 71.9 Å². The van der Waals surface area contributed by atoms with E-state index in [1.165, 1.54) is 5.56 Å². The monoisotopic (exact) mass is 246 g/mol. The molecule has 0 radical (unpaired) electrons. The van der Waals surface area contributed by atoms with Crippen LogP contribution in [0.3, 0.4) is 0 Å². The van der Waals surface area contributed by atoms with E-state index in [0.29, 0.717) is 0 Å². The minimum atomic E-state index is 0.947. The summed E-state index contributed by atoms with van der Waals surface area (Å²) < 4.78 is 0. The number of hydrogen-bond donors (Lipinski definition) is 1. The summed E-state index contributed by atoms with van der Waals surface area (Å²) in [4.78, 5) is 0. The molecule has 0 aliphatic carbocycles. The van der Waals surface area contributed by atoms with E-state index in [4.69, 9.17) is 0 Å². The fourth-order valence-corrected chi connectivity index (χ4v) is 2.05. The van der Waals surface area contributed by atoms with Gasteiger partial charge in [-0.3, -0.25) is 5.10 Å². The van der Waals surface area contributed by atoms with Gasteiger partial charge >= 0.3 is 0 Å². The highest BCUT2D eigenvalue weighted by atomic mass is 15.1. The molecule has 0 saturated carbocycles. The van der Waals surface area contributed by atoms with Crippen LogP contribution in [-0.2, 0) is 0 Å². The summed E-state index contributed by atoms with van der Waals surface area (Å²) in [7, 11) is 0. The zero-order chi connectivity index (χ0) is 13.1. The number of nitrogens with zero attached hydrogens (tertiary/aromatic N) is 1. The molecule has 0 spiro atoms. The molecule has 2 nitrogen and oxygen atoms in total. The molecule has 0 aliphatic heterocycles. The third kappa shape index (κ3) is 2.33. The maximum absolute atomic E-state index is 4.34. The van der Waals surface area contributed by atoms with Gasteiger partial charge in [0, 0.05) is 5.39 Å². The molecule has 0 saturated heterocycles. The second kappa shape index (κ2) is 4.94. The molecule has 1 heterocycles. The van der Waals surface area contributed by atoms with Gasteiger partial charge in [0.2, 0.25) is 0 Å². The van der Waals surface area contributed by atoms with Crippen molar-refractivity contribution in [2.24, 2.45) is 0 Å². The van der Waals surface area contributed by atoms with Crippen LogP contribution in [-0.4, -0.2) is 10.2 Å². The third-order valence-corrected chi connectivity index (χ3v) is 3.09. The van der Waals surface area contributed by atoms with Crippen LogP contribution in [0, 0.1) is 0 Å². The van der Waals surface area contributed by atoms with Crippen LogP contribution in [0.15, 0.2) is 55.1 Å². The lowest BCUT2D eigenvalue weighted by Crippen LogP contribution is -1.75. The van der Waals surface area contributed by atoms with Crippen LogP contribution in [0.1, 0.15) is 16.8 Å². The number of H-pyrrole nitrogens is 1. The van der Waals surface area contributed by atoms with E-state index < -0.39 is 0 Å². The normalized spacial score (nSPS) is 11.2. The minimum absolute atomic E-state index is 0.947. The van der Waals surface area contributed by atoms with Crippen molar-refractivity contribution in [1.82, 2.24) is 10.2 Å². The average Bonchev–Trinajstić information content (AvgIpc) is 2.88. The fraction of sp³-hybridized carbons (Fsp3) is 0. The molecule has 1 N–H and O–H groups in total. The lowest BCUT2D eigenvalue weighted by Gasteiger charge is -1.94. The molecule has 19 heavy (non-hydrogen) atoms. The van der Waals surface area contributed by atoms with Crippen LogP contribution in [0.4, 0.5) is 0 Å². The van der Waals surface area contributed by atoms with Gasteiger partial charge in [-0.1, -0.05) is 55.1 Å². The Morgan fingerprint density at radius 1 is 0.947 bits per heavy atom. The summed E-state index contributed by atoms with van der Waals surface area (Å²) in [5, 5.41) is 8.50. The first-order valence-corrected chi connectivity index (χ1v) is 6.20. The van der Waals surface area contributed by atoms with Gasteiger partial charge < -0.3 is 0 Å². The van der Waals surface area contributed by atoms with Crippen molar-refractivity contribution in [2.75, 3.05) is 0 Å². The Bertz CT molecular complexity index is 736. The van der Waals surface area contributed by atoms with E-state index in [1.807, 2.05) is 42.5 Å². The van der Waals surface area contributed by atoms with E-state index in [1.54, 1.807) is 0 Å². The van der Waals surface area contributed by atoms with Gasteiger partial charge in [0.05, 0.1) is 11.2 Å². The van der Waals surface area contributed by atoms with E-state index in [2.05, 4.69) is 41.1 Å². The van der Waals surface area contributed by atoms with Crippen LogP contribution in [0.5, 0.6) is 0 Å². The lowest BCUT2D eigenvalue weighted by atomic mass is 10.1. The summed E-state index contributed by atoms with van der Waals surface area (Å²) in [5.41, 5.74) is 4.25. The van der Waals surface area contributed by atoms with Crippen LogP contribution in [0.2, 0.25) is 0 Å². The summed E-state index contributed by atoms with van der Waals surface area (Å²) in [6.07, 6.45) is 5.94. The van der Waals surface area contributed by atoms with Crippen molar-refractivity contribution in [3.8, 4) is 0 Å². The molecular weight excluding hydrogens is 232 g/mol. The number of rotatable bonds is 3. The van der Waals surface area contributed by atoms with Gasteiger partial charge in [-0.25, -0.2) is 0 Å². The van der Waals surface area contributed by atoms with Crippen molar-refractivity contribution in [2.45, 2.75) is 0 Å². The predicted molar refractivity (Wildman–Crippen MR) is 81.6 cm³/mol. The van der Waals surface area contributed by atoms with E-state index in [9.17, 15) is 0 Å². The maximum Gasteiger partial charge on any atom is 0.0927 e. The molecule has 0 fully saturated rings. The molecule has 0 unspecified atom stereocenters. The SMILES string of the molecule is C=Cc1ccc2[nH]nc(/C=C/c3ccccc3)c2c1. The van der Waals surface area contributed by atoms with E-state index in [0.717, 1.165) is 22.2 Å².